The van der Waals surface area contributed by atoms with E-state index in [-0.39, 0.29) is 0 Å². The van der Waals surface area contributed by atoms with Crippen LogP contribution in [-0.2, 0) is 0 Å². The van der Waals surface area contributed by atoms with Crippen LogP contribution in [0.15, 0.2) is 12.1 Å². The summed E-state index contributed by atoms with van der Waals surface area (Å²) in [6.45, 7) is 3.13. The van der Waals surface area contributed by atoms with Gasteiger partial charge in [0.15, 0.2) is 0 Å². The third-order valence-corrected chi connectivity index (χ3v) is 3.73. The number of hydrogen-bond donors (Lipinski definition) is 1. The summed E-state index contributed by atoms with van der Waals surface area (Å²) in [6, 6.07) is 4.53. The summed E-state index contributed by atoms with van der Waals surface area (Å²) in [5.41, 5.74) is 0. The van der Waals surface area contributed by atoms with Crippen molar-refractivity contribution in [1.29, 1.82) is 0 Å². The van der Waals surface area contributed by atoms with Crippen LogP contribution in [0.4, 0.5) is 0 Å². The van der Waals surface area contributed by atoms with Crippen LogP contribution < -0.4 is 5.32 Å². The van der Waals surface area contributed by atoms with Gasteiger partial charge in [-0.2, -0.15) is 11.8 Å². The van der Waals surface area contributed by atoms with E-state index in [1.807, 2.05) is 17.8 Å². The van der Waals surface area contributed by atoms with Gasteiger partial charge >= 0.3 is 0 Å². The standard InChI is InChI=1S/C9H14ClNS2/c1-3-11-7(6-12-2)8-4-5-9(10)13-8/h4-5,7,11H,3,6H2,1-2H3. The largest absolute Gasteiger partial charge is 0.309 e. The minimum atomic E-state index is 0.456. The fourth-order valence-electron chi connectivity index (χ4n) is 1.17. The van der Waals surface area contributed by atoms with E-state index in [2.05, 4.69) is 24.6 Å². The summed E-state index contributed by atoms with van der Waals surface area (Å²) in [6.07, 6.45) is 2.12. The fourth-order valence-corrected chi connectivity index (χ4v) is 3.04. The molecule has 13 heavy (non-hydrogen) atoms. The Morgan fingerprint density at radius 2 is 2.38 bits per heavy atom. The molecule has 1 nitrogen and oxygen atoms in total. The molecule has 1 heterocycles. The van der Waals surface area contributed by atoms with Crippen LogP contribution in [-0.4, -0.2) is 18.6 Å². The first-order valence-corrected chi connectivity index (χ1v) is 6.84. The molecule has 1 aromatic rings. The van der Waals surface area contributed by atoms with E-state index in [1.165, 1.54) is 4.88 Å². The SMILES string of the molecule is CCNC(CSC)c1ccc(Cl)s1. The van der Waals surface area contributed by atoms with Crippen LogP contribution in [0.1, 0.15) is 17.8 Å². The fraction of sp³-hybridized carbons (Fsp3) is 0.556. The third-order valence-electron chi connectivity index (χ3n) is 1.72. The molecule has 1 rings (SSSR count). The normalized spacial score (nSPS) is 13.2. The van der Waals surface area contributed by atoms with Crippen molar-refractivity contribution in [2.24, 2.45) is 0 Å². The highest BCUT2D eigenvalue weighted by atomic mass is 35.5. The Kier molecular flexibility index (Phi) is 5.17. The van der Waals surface area contributed by atoms with Crippen molar-refractivity contribution in [3.8, 4) is 0 Å². The summed E-state index contributed by atoms with van der Waals surface area (Å²) in [5, 5.41) is 3.44. The Balaban J connectivity index is 2.63. The van der Waals surface area contributed by atoms with Gasteiger partial charge in [-0.05, 0) is 24.9 Å². The lowest BCUT2D eigenvalue weighted by Crippen LogP contribution is -2.21. The summed E-state index contributed by atoms with van der Waals surface area (Å²) in [4.78, 5) is 1.33. The summed E-state index contributed by atoms with van der Waals surface area (Å²) in [7, 11) is 0. The van der Waals surface area contributed by atoms with E-state index in [9.17, 15) is 0 Å². The van der Waals surface area contributed by atoms with E-state index in [4.69, 9.17) is 11.6 Å². The third kappa shape index (κ3) is 3.50. The quantitative estimate of drug-likeness (QED) is 0.840. The van der Waals surface area contributed by atoms with Crippen LogP contribution in [0.25, 0.3) is 0 Å². The number of thioether (sulfide) groups is 1. The summed E-state index contributed by atoms with van der Waals surface area (Å²) >= 11 is 9.41. The van der Waals surface area contributed by atoms with Crippen molar-refractivity contribution in [3.63, 3.8) is 0 Å². The second-order valence-electron chi connectivity index (χ2n) is 2.71. The molecule has 0 saturated carbocycles. The van der Waals surface area contributed by atoms with Crippen molar-refractivity contribution in [1.82, 2.24) is 5.32 Å². The Hall–Kier alpha value is 0.300. The van der Waals surface area contributed by atoms with Crippen LogP contribution in [0.3, 0.4) is 0 Å². The minimum absolute atomic E-state index is 0.456. The molecule has 0 fully saturated rings. The first-order chi connectivity index (χ1) is 6.27. The second-order valence-corrected chi connectivity index (χ2v) is 5.36. The number of halogens is 1. The van der Waals surface area contributed by atoms with E-state index >= 15 is 0 Å². The zero-order valence-corrected chi connectivity index (χ0v) is 10.2. The van der Waals surface area contributed by atoms with E-state index in [0.717, 1.165) is 16.6 Å². The van der Waals surface area contributed by atoms with Crippen molar-refractivity contribution < 1.29 is 0 Å². The van der Waals surface area contributed by atoms with Crippen molar-refractivity contribution in [2.75, 3.05) is 18.6 Å². The Labute approximate surface area is 92.9 Å². The van der Waals surface area contributed by atoms with Crippen LogP contribution >= 0.6 is 34.7 Å². The van der Waals surface area contributed by atoms with Crippen LogP contribution in [0.5, 0.6) is 0 Å². The maximum Gasteiger partial charge on any atom is 0.0931 e. The Morgan fingerprint density at radius 3 is 2.85 bits per heavy atom. The van der Waals surface area contributed by atoms with E-state index in [0.29, 0.717) is 6.04 Å². The molecule has 0 aromatic carbocycles. The first-order valence-electron chi connectivity index (χ1n) is 4.25. The smallest absolute Gasteiger partial charge is 0.0931 e. The molecule has 0 radical (unpaired) electrons. The molecule has 0 saturated heterocycles. The lowest BCUT2D eigenvalue weighted by atomic mass is 10.3. The summed E-state index contributed by atoms with van der Waals surface area (Å²) in [5.74, 6) is 1.10. The molecule has 1 atom stereocenters. The highest BCUT2D eigenvalue weighted by Gasteiger charge is 2.11. The van der Waals surface area contributed by atoms with Gasteiger partial charge in [0.2, 0.25) is 0 Å². The molecule has 0 aliphatic carbocycles. The highest BCUT2D eigenvalue weighted by molar-refractivity contribution is 7.98. The topological polar surface area (TPSA) is 12.0 Å². The van der Waals surface area contributed by atoms with Gasteiger partial charge in [0, 0.05) is 10.6 Å². The number of hydrogen-bond acceptors (Lipinski definition) is 3. The molecule has 0 aliphatic rings. The maximum absolute atomic E-state index is 5.89. The van der Waals surface area contributed by atoms with Crippen molar-refractivity contribution in [3.05, 3.63) is 21.3 Å². The minimum Gasteiger partial charge on any atom is -0.309 e. The lowest BCUT2D eigenvalue weighted by molar-refractivity contribution is 0.615. The Bertz CT molecular complexity index is 244. The van der Waals surface area contributed by atoms with E-state index < -0.39 is 0 Å². The molecular formula is C9H14ClNS2. The monoisotopic (exact) mass is 235 g/mol. The molecule has 1 aromatic heterocycles. The molecule has 0 aliphatic heterocycles. The number of rotatable bonds is 5. The van der Waals surface area contributed by atoms with Gasteiger partial charge < -0.3 is 5.32 Å². The number of nitrogens with one attached hydrogen (secondary N) is 1. The predicted octanol–water partition coefficient (Wildman–Crippen LogP) is 3.42. The predicted molar refractivity (Wildman–Crippen MR) is 64.1 cm³/mol. The molecule has 1 N–H and O–H groups in total. The molecule has 1 unspecified atom stereocenters. The maximum atomic E-state index is 5.89. The first kappa shape index (κ1) is 11.4. The molecule has 0 amide bonds. The van der Waals surface area contributed by atoms with Gasteiger partial charge in [0.1, 0.15) is 0 Å². The molecule has 4 heteroatoms. The molecular weight excluding hydrogens is 222 g/mol. The zero-order valence-electron chi connectivity index (χ0n) is 7.84. The van der Waals surface area contributed by atoms with Gasteiger partial charge in [-0.25, -0.2) is 0 Å². The van der Waals surface area contributed by atoms with Crippen LogP contribution in [0, 0.1) is 0 Å². The van der Waals surface area contributed by atoms with Crippen LogP contribution in [0.2, 0.25) is 4.34 Å². The van der Waals surface area contributed by atoms with Gasteiger partial charge in [-0.15, -0.1) is 11.3 Å². The molecule has 0 bridgehead atoms. The molecule has 0 spiro atoms. The zero-order chi connectivity index (χ0) is 9.68. The van der Waals surface area contributed by atoms with Crippen molar-refractivity contribution >= 4 is 34.7 Å². The lowest BCUT2D eigenvalue weighted by Gasteiger charge is -2.14. The highest BCUT2D eigenvalue weighted by Crippen LogP contribution is 2.28. The van der Waals surface area contributed by atoms with Gasteiger partial charge in [0.05, 0.1) is 10.4 Å². The second kappa shape index (κ2) is 5.91. The molecule has 74 valence electrons. The van der Waals surface area contributed by atoms with Gasteiger partial charge in [0.25, 0.3) is 0 Å². The summed E-state index contributed by atoms with van der Waals surface area (Å²) < 4.78 is 0.874. The van der Waals surface area contributed by atoms with E-state index in [1.54, 1.807) is 11.3 Å². The number of thiophene rings is 1. The average molecular weight is 236 g/mol. The van der Waals surface area contributed by atoms with Gasteiger partial charge in [-0.3, -0.25) is 0 Å². The van der Waals surface area contributed by atoms with Crippen molar-refractivity contribution in [2.45, 2.75) is 13.0 Å². The van der Waals surface area contributed by atoms with Gasteiger partial charge in [-0.1, -0.05) is 18.5 Å². The Morgan fingerprint density at radius 1 is 1.62 bits per heavy atom. The average Bonchev–Trinajstić information content (AvgIpc) is 2.51.